The number of sulfonamides is 1. The number of benzene rings is 1. The Kier molecular flexibility index (Phi) is 6.56. The second-order valence-corrected chi connectivity index (χ2v) is 7.68. The predicted octanol–water partition coefficient (Wildman–Crippen LogP) is 0.989. The summed E-state index contributed by atoms with van der Waals surface area (Å²) in [4.78, 5) is 12.2. The Morgan fingerprint density at radius 3 is 2.57 bits per heavy atom. The van der Waals surface area contributed by atoms with E-state index in [2.05, 4.69) is 10.0 Å². The minimum absolute atomic E-state index is 0.0864. The van der Waals surface area contributed by atoms with Gasteiger partial charge >= 0.3 is 0 Å². The zero-order valence-corrected chi connectivity index (χ0v) is 14.0. The zero-order chi connectivity index (χ0) is 16.7. The van der Waals surface area contributed by atoms with Gasteiger partial charge in [0.05, 0.1) is 4.90 Å². The molecule has 1 aliphatic carbocycles. The minimum atomic E-state index is -3.55. The molecule has 1 fully saturated rings. The largest absolute Gasteiger partial charge is 0.353 e. The van der Waals surface area contributed by atoms with E-state index in [4.69, 9.17) is 5.73 Å². The molecule has 1 aromatic rings. The van der Waals surface area contributed by atoms with Gasteiger partial charge in [0.25, 0.3) is 0 Å². The maximum atomic E-state index is 12.0. The first-order chi connectivity index (χ1) is 11.0. The van der Waals surface area contributed by atoms with Gasteiger partial charge in [-0.15, -0.1) is 0 Å². The summed E-state index contributed by atoms with van der Waals surface area (Å²) in [6.07, 6.45) is 4.37. The van der Waals surface area contributed by atoms with Crippen molar-refractivity contribution in [3.8, 4) is 0 Å². The van der Waals surface area contributed by atoms with E-state index in [1.807, 2.05) is 0 Å². The minimum Gasteiger partial charge on any atom is -0.353 e. The standard InChI is InChI=1S/C16H25N3O3S/c17-12-13-6-4-5-9-15(13)19-16(20)10-11-18-23(21,22)14-7-2-1-3-8-14/h1-3,7-8,13,15,18H,4-6,9-12,17H2,(H,19,20). The molecule has 0 aromatic heterocycles. The summed E-state index contributed by atoms with van der Waals surface area (Å²) in [5.74, 6) is 0.194. The van der Waals surface area contributed by atoms with Crippen LogP contribution in [-0.2, 0) is 14.8 Å². The number of carbonyl (C=O) groups is 1. The first-order valence-electron chi connectivity index (χ1n) is 8.07. The van der Waals surface area contributed by atoms with Crippen LogP contribution in [0.2, 0.25) is 0 Å². The molecule has 128 valence electrons. The SMILES string of the molecule is NCC1CCCCC1NC(=O)CCNS(=O)(=O)c1ccccc1. The van der Waals surface area contributed by atoms with Crippen molar-refractivity contribution in [2.75, 3.05) is 13.1 Å². The Bertz CT molecular complexity index is 604. The van der Waals surface area contributed by atoms with E-state index < -0.39 is 10.0 Å². The molecule has 0 saturated heterocycles. The van der Waals surface area contributed by atoms with Gasteiger partial charge in [0.1, 0.15) is 0 Å². The van der Waals surface area contributed by atoms with Crippen molar-refractivity contribution in [2.45, 2.75) is 43.0 Å². The van der Waals surface area contributed by atoms with Crippen LogP contribution in [0.25, 0.3) is 0 Å². The van der Waals surface area contributed by atoms with Crippen LogP contribution in [0.3, 0.4) is 0 Å². The van der Waals surface area contributed by atoms with Crippen LogP contribution in [0.15, 0.2) is 35.2 Å². The highest BCUT2D eigenvalue weighted by Crippen LogP contribution is 2.23. The first-order valence-corrected chi connectivity index (χ1v) is 9.55. The van der Waals surface area contributed by atoms with Crippen LogP contribution >= 0.6 is 0 Å². The number of nitrogens with two attached hydrogens (primary N) is 1. The van der Waals surface area contributed by atoms with E-state index in [1.54, 1.807) is 18.2 Å². The van der Waals surface area contributed by atoms with Crippen molar-refractivity contribution in [1.82, 2.24) is 10.0 Å². The highest BCUT2D eigenvalue weighted by atomic mass is 32.2. The van der Waals surface area contributed by atoms with Gasteiger partial charge in [-0.25, -0.2) is 13.1 Å². The fourth-order valence-electron chi connectivity index (χ4n) is 2.94. The molecule has 1 aromatic carbocycles. The summed E-state index contributed by atoms with van der Waals surface area (Å²) in [6.45, 7) is 0.661. The average Bonchev–Trinajstić information content (AvgIpc) is 2.56. The van der Waals surface area contributed by atoms with Crippen molar-refractivity contribution in [3.05, 3.63) is 30.3 Å². The highest BCUT2D eigenvalue weighted by Gasteiger charge is 2.25. The molecule has 7 heteroatoms. The van der Waals surface area contributed by atoms with E-state index in [9.17, 15) is 13.2 Å². The third-order valence-corrected chi connectivity index (χ3v) is 5.73. The van der Waals surface area contributed by atoms with Crippen LogP contribution in [0.1, 0.15) is 32.1 Å². The fraction of sp³-hybridized carbons (Fsp3) is 0.562. The summed E-state index contributed by atoms with van der Waals surface area (Å²) in [5, 5.41) is 2.99. The lowest BCUT2D eigenvalue weighted by atomic mass is 9.84. The molecule has 0 aliphatic heterocycles. The Labute approximate surface area is 137 Å². The monoisotopic (exact) mass is 339 g/mol. The summed E-state index contributed by atoms with van der Waals surface area (Å²) in [7, 11) is -3.55. The van der Waals surface area contributed by atoms with Gasteiger partial charge in [-0.2, -0.15) is 0 Å². The van der Waals surface area contributed by atoms with Crippen LogP contribution < -0.4 is 15.8 Å². The van der Waals surface area contributed by atoms with Gasteiger partial charge < -0.3 is 11.1 Å². The molecular weight excluding hydrogens is 314 g/mol. The van der Waals surface area contributed by atoms with E-state index in [0.29, 0.717) is 12.5 Å². The molecule has 0 spiro atoms. The topological polar surface area (TPSA) is 101 Å². The van der Waals surface area contributed by atoms with Crippen LogP contribution in [-0.4, -0.2) is 33.5 Å². The second-order valence-electron chi connectivity index (χ2n) is 5.92. The third-order valence-electron chi connectivity index (χ3n) is 4.26. The quantitative estimate of drug-likeness (QED) is 0.689. The Balaban J connectivity index is 1.78. The molecule has 2 rings (SSSR count). The molecule has 2 atom stereocenters. The van der Waals surface area contributed by atoms with Crippen LogP contribution in [0, 0.1) is 5.92 Å². The van der Waals surface area contributed by atoms with E-state index in [1.165, 1.54) is 12.1 Å². The Morgan fingerprint density at radius 2 is 1.87 bits per heavy atom. The summed E-state index contributed by atoms with van der Waals surface area (Å²) in [6, 6.07) is 8.25. The van der Waals surface area contributed by atoms with E-state index in [0.717, 1.165) is 25.7 Å². The van der Waals surface area contributed by atoms with Gasteiger partial charge in [-0.3, -0.25) is 4.79 Å². The molecule has 23 heavy (non-hydrogen) atoms. The van der Waals surface area contributed by atoms with Gasteiger partial charge in [-0.05, 0) is 37.4 Å². The third kappa shape index (κ3) is 5.30. The zero-order valence-electron chi connectivity index (χ0n) is 13.2. The molecule has 0 radical (unpaired) electrons. The van der Waals surface area contributed by atoms with Crippen molar-refractivity contribution < 1.29 is 13.2 Å². The van der Waals surface area contributed by atoms with Gasteiger partial charge in [0, 0.05) is 19.0 Å². The average molecular weight is 339 g/mol. The summed E-state index contributed by atoms with van der Waals surface area (Å²) < 4.78 is 26.5. The highest BCUT2D eigenvalue weighted by molar-refractivity contribution is 7.89. The van der Waals surface area contributed by atoms with Crippen molar-refractivity contribution in [2.24, 2.45) is 11.7 Å². The molecule has 0 heterocycles. The second kappa shape index (κ2) is 8.42. The first kappa shape index (κ1) is 17.9. The number of hydrogen-bond donors (Lipinski definition) is 3. The van der Waals surface area contributed by atoms with Gasteiger partial charge in [-0.1, -0.05) is 31.0 Å². The molecular formula is C16H25N3O3S. The fourth-order valence-corrected chi connectivity index (χ4v) is 3.99. The smallest absolute Gasteiger partial charge is 0.240 e. The molecule has 4 N–H and O–H groups in total. The number of amides is 1. The maximum Gasteiger partial charge on any atom is 0.240 e. The van der Waals surface area contributed by atoms with Gasteiger partial charge in [0.2, 0.25) is 15.9 Å². The van der Waals surface area contributed by atoms with E-state index >= 15 is 0 Å². The molecule has 0 bridgehead atoms. The van der Waals surface area contributed by atoms with E-state index in [-0.39, 0.29) is 29.8 Å². The lowest BCUT2D eigenvalue weighted by molar-refractivity contribution is -0.122. The lowest BCUT2D eigenvalue weighted by Crippen LogP contribution is -2.45. The molecule has 6 nitrogen and oxygen atoms in total. The summed E-state index contributed by atoms with van der Waals surface area (Å²) >= 11 is 0. The Hall–Kier alpha value is -1.44. The van der Waals surface area contributed by atoms with Crippen molar-refractivity contribution in [1.29, 1.82) is 0 Å². The summed E-state index contributed by atoms with van der Waals surface area (Å²) in [5.41, 5.74) is 5.75. The number of rotatable bonds is 7. The lowest BCUT2D eigenvalue weighted by Gasteiger charge is -2.31. The number of nitrogens with one attached hydrogen (secondary N) is 2. The molecule has 1 saturated carbocycles. The molecule has 1 aliphatic rings. The molecule has 1 amide bonds. The predicted molar refractivity (Wildman–Crippen MR) is 89.2 cm³/mol. The van der Waals surface area contributed by atoms with Gasteiger partial charge in [0.15, 0.2) is 0 Å². The molecule has 2 unspecified atom stereocenters. The van der Waals surface area contributed by atoms with Crippen LogP contribution in [0.4, 0.5) is 0 Å². The number of hydrogen-bond acceptors (Lipinski definition) is 4. The Morgan fingerprint density at radius 1 is 1.17 bits per heavy atom. The maximum absolute atomic E-state index is 12.0. The number of carbonyl (C=O) groups excluding carboxylic acids is 1. The van der Waals surface area contributed by atoms with Crippen molar-refractivity contribution in [3.63, 3.8) is 0 Å². The van der Waals surface area contributed by atoms with Crippen LogP contribution in [0.5, 0.6) is 0 Å². The normalized spacial score (nSPS) is 21.8. The van der Waals surface area contributed by atoms with Crippen molar-refractivity contribution >= 4 is 15.9 Å².